The molecule has 2 unspecified atom stereocenters. The molecule has 1 N–H and O–H groups in total. The fraction of sp³-hybridized carbons (Fsp3) is 0.636. The zero-order valence-corrected chi connectivity index (χ0v) is 8.12. The highest BCUT2D eigenvalue weighted by molar-refractivity contribution is 5.05. The average Bonchev–Trinajstić information content (AvgIpc) is 2.71. The lowest BCUT2D eigenvalue weighted by Crippen LogP contribution is -2.31. The standard InChI is InChI=1S/C11H17NO/c1-2-9-5-6-12-10(8-9)11-4-3-7-13-11/h3-4,7,9-10,12H,2,5-6,8H2,1H3. The highest BCUT2D eigenvalue weighted by Gasteiger charge is 2.22. The van der Waals surface area contributed by atoms with E-state index in [0.29, 0.717) is 6.04 Å². The van der Waals surface area contributed by atoms with E-state index in [0.717, 1.165) is 18.2 Å². The molecule has 2 heterocycles. The molecular weight excluding hydrogens is 162 g/mol. The van der Waals surface area contributed by atoms with Gasteiger partial charge in [0.1, 0.15) is 5.76 Å². The summed E-state index contributed by atoms with van der Waals surface area (Å²) in [5.41, 5.74) is 0. The smallest absolute Gasteiger partial charge is 0.120 e. The monoisotopic (exact) mass is 179 g/mol. The third-order valence-corrected chi connectivity index (χ3v) is 2.98. The van der Waals surface area contributed by atoms with Crippen molar-refractivity contribution in [1.29, 1.82) is 0 Å². The third-order valence-electron chi connectivity index (χ3n) is 2.98. The number of piperidine rings is 1. The van der Waals surface area contributed by atoms with E-state index in [1.165, 1.54) is 19.3 Å². The van der Waals surface area contributed by atoms with Gasteiger partial charge in [-0.05, 0) is 37.4 Å². The maximum Gasteiger partial charge on any atom is 0.120 e. The van der Waals surface area contributed by atoms with Gasteiger partial charge in [-0.1, -0.05) is 13.3 Å². The van der Waals surface area contributed by atoms with Crippen molar-refractivity contribution in [3.8, 4) is 0 Å². The average molecular weight is 179 g/mol. The normalized spacial score (nSPS) is 29.0. The summed E-state index contributed by atoms with van der Waals surface area (Å²) in [7, 11) is 0. The van der Waals surface area contributed by atoms with Crippen LogP contribution in [0.1, 0.15) is 38.0 Å². The fourth-order valence-electron chi connectivity index (χ4n) is 2.07. The van der Waals surface area contributed by atoms with Crippen LogP contribution in [0.5, 0.6) is 0 Å². The highest BCUT2D eigenvalue weighted by atomic mass is 16.3. The molecule has 0 spiro atoms. The molecule has 1 fully saturated rings. The molecule has 0 saturated carbocycles. The Morgan fingerprint density at radius 3 is 3.23 bits per heavy atom. The Morgan fingerprint density at radius 2 is 2.54 bits per heavy atom. The van der Waals surface area contributed by atoms with Crippen LogP contribution in [-0.2, 0) is 0 Å². The predicted molar refractivity (Wildman–Crippen MR) is 52.5 cm³/mol. The molecule has 0 bridgehead atoms. The predicted octanol–water partition coefficient (Wildman–Crippen LogP) is 2.73. The van der Waals surface area contributed by atoms with Crippen LogP contribution < -0.4 is 5.32 Å². The fourth-order valence-corrected chi connectivity index (χ4v) is 2.07. The summed E-state index contributed by atoms with van der Waals surface area (Å²) in [6.45, 7) is 3.40. The summed E-state index contributed by atoms with van der Waals surface area (Å²) < 4.78 is 5.40. The molecule has 2 nitrogen and oxygen atoms in total. The van der Waals surface area contributed by atoms with Crippen LogP contribution in [0.3, 0.4) is 0 Å². The quantitative estimate of drug-likeness (QED) is 0.755. The SMILES string of the molecule is CCC1CCNC(c2ccco2)C1. The largest absolute Gasteiger partial charge is 0.468 e. The maximum absolute atomic E-state index is 5.40. The van der Waals surface area contributed by atoms with Crippen molar-refractivity contribution in [2.75, 3.05) is 6.54 Å². The highest BCUT2D eigenvalue weighted by Crippen LogP contribution is 2.28. The molecule has 1 aliphatic heterocycles. The molecule has 0 aliphatic carbocycles. The minimum absolute atomic E-state index is 0.452. The summed E-state index contributed by atoms with van der Waals surface area (Å²) in [5, 5.41) is 3.49. The summed E-state index contributed by atoms with van der Waals surface area (Å²) in [5.74, 6) is 1.97. The van der Waals surface area contributed by atoms with Gasteiger partial charge in [-0.25, -0.2) is 0 Å². The first-order valence-corrected chi connectivity index (χ1v) is 5.17. The van der Waals surface area contributed by atoms with Gasteiger partial charge in [-0.2, -0.15) is 0 Å². The van der Waals surface area contributed by atoms with Crippen molar-refractivity contribution in [3.63, 3.8) is 0 Å². The van der Waals surface area contributed by atoms with E-state index in [4.69, 9.17) is 4.42 Å². The molecule has 1 aliphatic rings. The van der Waals surface area contributed by atoms with E-state index in [9.17, 15) is 0 Å². The lowest BCUT2D eigenvalue weighted by Gasteiger charge is -2.28. The van der Waals surface area contributed by atoms with Crippen molar-refractivity contribution in [2.45, 2.75) is 32.2 Å². The Morgan fingerprint density at radius 1 is 1.62 bits per heavy atom. The summed E-state index contributed by atoms with van der Waals surface area (Å²) in [4.78, 5) is 0. The van der Waals surface area contributed by atoms with Gasteiger partial charge in [0.05, 0.1) is 12.3 Å². The molecule has 0 radical (unpaired) electrons. The van der Waals surface area contributed by atoms with E-state index in [1.54, 1.807) is 6.26 Å². The molecule has 1 aromatic heterocycles. The maximum atomic E-state index is 5.40. The van der Waals surface area contributed by atoms with Gasteiger partial charge in [-0.3, -0.25) is 0 Å². The van der Waals surface area contributed by atoms with Crippen LogP contribution in [0.15, 0.2) is 22.8 Å². The van der Waals surface area contributed by atoms with Crippen LogP contribution in [0.2, 0.25) is 0 Å². The van der Waals surface area contributed by atoms with Crippen molar-refractivity contribution in [2.24, 2.45) is 5.92 Å². The number of hydrogen-bond acceptors (Lipinski definition) is 2. The number of rotatable bonds is 2. The Hall–Kier alpha value is -0.760. The number of furan rings is 1. The van der Waals surface area contributed by atoms with Crippen LogP contribution in [-0.4, -0.2) is 6.54 Å². The molecule has 2 rings (SSSR count). The second-order valence-corrected chi connectivity index (χ2v) is 3.82. The zero-order chi connectivity index (χ0) is 9.10. The van der Waals surface area contributed by atoms with Gasteiger partial charge in [-0.15, -0.1) is 0 Å². The van der Waals surface area contributed by atoms with Gasteiger partial charge < -0.3 is 9.73 Å². The van der Waals surface area contributed by atoms with Crippen molar-refractivity contribution in [3.05, 3.63) is 24.2 Å². The van der Waals surface area contributed by atoms with Crippen LogP contribution >= 0.6 is 0 Å². The molecular formula is C11H17NO. The Labute approximate surface area is 79.3 Å². The molecule has 72 valence electrons. The van der Waals surface area contributed by atoms with Crippen molar-refractivity contribution >= 4 is 0 Å². The molecule has 1 saturated heterocycles. The second-order valence-electron chi connectivity index (χ2n) is 3.82. The lowest BCUT2D eigenvalue weighted by molar-refractivity contribution is 0.270. The van der Waals surface area contributed by atoms with E-state index < -0.39 is 0 Å². The number of nitrogens with one attached hydrogen (secondary N) is 1. The van der Waals surface area contributed by atoms with Crippen LogP contribution in [0.4, 0.5) is 0 Å². The molecule has 13 heavy (non-hydrogen) atoms. The van der Waals surface area contributed by atoms with Gasteiger partial charge in [0.2, 0.25) is 0 Å². The number of hydrogen-bond donors (Lipinski definition) is 1. The first kappa shape index (κ1) is 8.82. The summed E-state index contributed by atoms with van der Waals surface area (Å²) in [6, 6.07) is 4.48. The van der Waals surface area contributed by atoms with Gasteiger partial charge in [0.15, 0.2) is 0 Å². The molecule has 0 aromatic carbocycles. The molecule has 2 heteroatoms. The van der Waals surface area contributed by atoms with Crippen molar-refractivity contribution in [1.82, 2.24) is 5.32 Å². The first-order chi connectivity index (χ1) is 6.40. The Balaban J connectivity index is 2.00. The van der Waals surface area contributed by atoms with E-state index in [1.807, 2.05) is 6.07 Å². The Kier molecular flexibility index (Phi) is 2.69. The minimum Gasteiger partial charge on any atom is -0.468 e. The Bertz CT molecular complexity index is 243. The zero-order valence-electron chi connectivity index (χ0n) is 8.12. The summed E-state index contributed by atoms with van der Waals surface area (Å²) >= 11 is 0. The molecule has 1 aromatic rings. The van der Waals surface area contributed by atoms with E-state index >= 15 is 0 Å². The van der Waals surface area contributed by atoms with E-state index in [-0.39, 0.29) is 0 Å². The van der Waals surface area contributed by atoms with Gasteiger partial charge >= 0.3 is 0 Å². The van der Waals surface area contributed by atoms with Gasteiger partial charge in [0.25, 0.3) is 0 Å². The van der Waals surface area contributed by atoms with Crippen molar-refractivity contribution < 1.29 is 4.42 Å². The van der Waals surface area contributed by atoms with E-state index in [2.05, 4.69) is 18.3 Å². The van der Waals surface area contributed by atoms with Crippen LogP contribution in [0.25, 0.3) is 0 Å². The topological polar surface area (TPSA) is 25.2 Å². The van der Waals surface area contributed by atoms with Gasteiger partial charge in [0, 0.05) is 0 Å². The third kappa shape index (κ3) is 1.94. The first-order valence-electron chi connectivity index (χ1n) is 5.17. The lowest BCUT2D eigenvalue weighted by atomic mass is 9.89. The van der Waals surface area contributed by atoms with Crippen LogP contribution in [0, 0.1) is 5.92 Å². The molecule has 0 amide bonds. The minimum atomic E-state index is 0.452. The summed E-state index contributed by atoms with van der Waals surface area (Å²) in [6.07, 6.45) is 5.59. The molecule has 2 atom stereocenters. The second kappa shape index (κ2) is 3.97.